The number of nitrogens with one attached hydrogen (secondary N) is 1. The van der Waals surface area contributed by atoms with Gasteiger partial charge in [0.25, 0.3) is 0 Å². The Morgan fingerprint density at radius 1 is 1.32 bits per heavy atom. The van der Waals surface area contributed by atoms with Crippen molar-refractivity contribution < 1.29 is 9.59 Å². The van der Waals surface area contributed by atoms with E-state index in [2.05, 4.69) is 28.2 Å². The number of benzene rings is 1. The Morgan fingerprint density at radius 3 is 2.50 bits per heavy atom. The lowest BCUT2D eigenvalue weighted by atomic mass is 9.90. The number of nitrogens with zero attached hydrogens (tertiary/aromatic N) is 1. The average Bonchev–Trinajstić information content (AvgIpc) is 2.46. The van der Waals surface area contributed by atoms with E-state index in [4.69, 9.17) is 0 Å². The van der Waals surface area contributed by atoms with Crippen LogP contribution in [0.4, 0.5) is 5.69 Å². The van der Waals surface area contributed by atoms with Gasteiger partial charge in [-0.2, -0.15) is 0 Å². The summed E-state index contributed by atoms with van der Waals surface area (Å²) >= 11 is 3.39. The summed E-state index contributed by atoms with van der Waals surface area (Å²) in [7, 11) is 1.75. The van der Waals surface area contributed by atoms with Crippen LogP contribution in [0.15, 0.2) is 22.7 Å². The molecule has 0 aliphatic heterocycles. The van der Waals surface area contributed by atoms with Crippen LogP contribution in [0.3, 0.4) is 0 Å². The predicted molar refractivity (Wildman–Crippen MR) is 93.8 cm³/mol. The maximum atomic E-state index is 12.5. The van der Waals surface area contributed by atoms with Crippen molar-refractivity contribution in [1.82, 2.24) is 4.90 Å². The van der Waals surface area contributed by atoms with E-state index in [0.717, 1.165) is 28.6 Å². The Hall–Kier alpha value is -1.36. The molecule has 4 nitrogen and oxygen atoms in total. The van der Waals surface area contributed by atoms with E-state index in [0.29, 0.717) is 6.54 Å². The number of hydrogen-bond donors (Lipinski definition) is 1. The summed E-state index contributed by atoms with van der Waals surface area (Å²) in [5.41, 5.74) is 0.581. The van der Waals surface area contributed by atoms with Gasteiger partial charge in [-0.3, -0.25) is 9.59 Å². The third kappa shape index (κ3) is 4.57. The number of unbranched alkanes of at least 4 members (excludes halogenated alkanes) is 1. The first-order valence-corrected chi connectivity index (χ1v) is 8.32. The van der Waals surface area contributed by atoms with E-state index in [1.165, 1.54) is 0 Å². The SMILES string of the molecule is CCCCN(C)C(=O)C(C)(C)C(=O)Nc1ccc(Br)cc1C. The zero-order chi connectivity index (χ0) is 16.9. The quantitative estimate of drug-likeness (QED) is 0.771. The number of carbonyl (C=O) groups is 2. The fourth-order valence-electron chi connectivity index (χ4n) is 2.12. The van der Waals surface area contributed by atoms with Crippen LogP contribution in [-0.4, -0.2) is 30.3 Å². The van der Waals surface area contributed by atoms with Crippen LogP contribution >= 0.6 is 15.9 Å². The van der Waals surface area contributed by atoms with Crippen LogP contribution in [0, 0.1) is 12.3 Å². The van der Waals surface area contributed by atoms with Gasteiger partial charge in [0.1, 0.15) is 5.41 Å². The molecule has 0 fully saturated rings. The molecule has 1 N–H and O–H groups in total. The van der Waals surface area contributed by atoms with E-state index >= 15 is 0 Å². The minimum atomic E-state index is -1.10. The van der Waals surface area contributed by atoms with Crippen LogP contribution in [-0.2, 0) is 9.59 Å². The number of rotatable bonds is 6. The molecule has 0 unspecified atom stereocenters. The van der Waals surface area contributed by atoms with Crippen molar-refractivity contribution in [3.8, 4) is 0 Å². The summed E-state index contributed by atoms with van der Waals surface area (Å²) in [6.07, 6.45) is 1.95. The number of hydrogen-bond acceptors (Lipinski definition) is 2. The third-order valence-electron chi connectivity index (χ3n) is 3.73. The highest BCUT2D eigenvalue weighted by Crippen LogP contribution is 2.25. The molecule has 0 bridgehead atoms. The highest BCUT2D eigenvalue weighted by molar-refractivity contribution is 9.10. The first-order valence-electron chi connectivity index (χ1n) is 7.53. The summed E-state index contributed by atoms with van der Waals surface area (Å²) in [4.78, 5) is 26.7. The minimum Gasteiger partial charge on any atom is -0.345 e. The van der Waals surface area contributed by atoms with Crippen molar-refractivity contribution in [2.75, 3.05) is 18.9 Å². The molecule has 122 valence electrons. The summed E-state index contributed by atoms with van der Waals surface area (Å²) in [5, 5.41) is 2.86. The first-order chi connectivity index (χ1) is 10.2. The molecule has 0 aliphatic carbocycles. The number of anilines is 1. The van der Waals surface area contributed by atoms with Crippen LogP contribution in [0.2, 0.25) is 0 Å². The van der Waals surface area contributed by atoms with Gasteiger partial charge >= 0.3 is 0 Å². The lowest BCUT2D eigenvalue weighted by molar-refractivity contribution is -0.145. The van der Waals surface area contributed by atoms with Gasteiger partial charge in [-0.25, -0.2) is 0 Å². The topological polar surface area (TPSA) is 49.4 Å². The van der Waals surface area contributed by atoms with Gasteiger partial charge in [0, 0.05) is 23.8 Å². The lowest BCUT2D eigenvalue weighted by Gasteiger charge is -2.28. The Bertz CT molecular complexity index is 556. The highest BCUT2D eigenvalue weighted by Gasteiger charge is 2.38. The molecule has 0 radical (unpaired) electrons. The molecule has 1 aromatic carbocycles. The molecule has 0 spiro atoms. The van der Waals surface area contributed by atoms with Crippen LogP contribution < -0.4 is 5.32 Å². The standard InChI is InChI=1S/C17H25BrN2O2/c1-6-7-10-20(5)16(22)17(3,4)15(21)19-14-9-8-13(18)11-12(14)2/h8-9,11H,6-7,10H2,1-5H3,(H,19,21). The molecule has 2 amide bonds. The predicted octanol–water partition coefficient (Wildman–Crippen LogP) is 3.98. The van der Waals surface area contributed by atoms with Gasteiger partial charge in [-0.15, -0.1) is 0 Å². The van der Waals surface area contributed by atoms with Crippen LogP contribution in [0.5, 0.6) is 0 Å². The van der Waals surface area contributed by atoms with Crippen molar-refractivity contribution in [1.29, 1.82) is 0 Å². The zero-order valence-corrected chi connectivity index (χ0v) is 15.6. The molecule has 22 heavy (non-hydrogen) atoms. The van der Waals surface area contributed by atoms with E-state index in [1.54, 1.807) is 25.8 Å². The lowest BCUT2D eigenvalue weighted by Crippen LogP contribution is -2.46. The van der Waals surface area contributed by atoms with Gasteiger partial charge in [0.05, 0.1) is 0 Å². The van der Waals surface area contributed by atoms with Crippen LogP contribution in [0.25, 0.3) is 0 Å². The van der Waals surface area contributed by atoms with Gasteiger partial charge in [0.15, 0.2) is 0 Å². The smallest absolute Gasteiger partial charge is 0.239 e. The molecule has 0 saturated heterocycles. The Kier molecular flexibility index (Phi) is 6.60. The second kappa shape index (κ2) is 7.77. The molecule has 5 heteroatoms. The molecule has 0 aromatic heterocycles. The fourth-order valence-corrected chi connectivity index (χ4v) is 2.59. The van der Waals surface area contributed by atoms with E-state index in [9.17, 15) is 9.59 Å². The second-order valence-electron chi connectivity index (χ2n) is 6.12. The molecule has 1 rings (SSSR count). The molecular formula is C17H25BrN2O2. The summed E-state index contributed by atoms with van der Waals surface area (Å²) in [6, 6.07) is 5.63. The average molecular weight is 369 g/mol. The molecule has 1 aromatic rings. The normalized spacial score (nSPS) is 11.2. The summed E-state index contributed by atoms with van der Waals surface area (Å²) in [6.45, 7) is 8.00. The molecule has 0 atom stereocenters. The first kappa shape index (κ1) is 18.7. The third-order valence-corrected chi connectivity index (χ3v) is 4.23. The van der Waals surface area contributed by atoms with Crippen molar-refractivity contribution >= 4 is 33.4 Å². The van der Waals surface area contributed by atoms with Gasteiger partial charge in [0.2, 0.25) is 11.8 Å². The second-order valence-corrected chi connectivity index (χ2v) is 7.03. The number of halogens is 1. The zero-order valence-electron chi connectivity index (χ0n) is 14.0. The van der Waals surface area contributed by atoms with Gasteiger partial charge in [-0.05, 0) is 51.0 Å². The molecule has 0 saturated carbocycles. The van der Waals surface area contributed by atoms with E-state index < -0.39 is 5.41 Å². The van der Waals surface area contributed by atoms with Crippen molar-refractivity contribution in [2.24, 2.45) is 5.41 Å². The van der Waals surface area contributed by atoms with Gasteiger partial charge in [-0.1, -0.05) is 29.3 Å². The molecule has 0 aliphatic rings. The minimum absolute atomic E-state index is 0.159. The van der Waals surface area contributed by atoms with E-state index in [1.807, 2.05) is 25.1 Å². The van der Waals surface area contributed by atoms with Crippen molar-refractivity contribution in [3.05, 3.63) is 28.2 Å². The number of amides is 2. The van der Waals surface area contributed by atoms with Crippen LogP contribution in [0.1, 0.15) is 39.2 Å². The Labute approximate surface area is 141 Å². The Balaban J connectivity index is 2.83. The van der Waals surface area contributed by atoms with Gasteiger partial charge < -0.3 is 10.2 Å². The maximum absolute atomic E-state index is 12.5. The highest BCUT2D eigenvalue weighted by atomic mass is 79.9. The Morgan fingerprint density at radius 2 is 1.95 bits per heavy atom. The maximum Gasteiger partial charge on any atom is 0.239 e. The summed E-state index contributed by atoms with van der Waals surface area (Å²) < 4.78 is 0.956. The molecule has 0 heterocycles. The van der Waals surface area contributed by atoms with E-state index in [-0.39, 0.29) is 11.8 Å². The fraction of sp³-hybridized carbons (Fsp3) is 0.529. The number of carbonyl (C=O) groups excluding carboxylic acids is 2. The number of aryl methyl sites for hydroxylation is 1. The monoisotopic (exact) mass is 368 g/mol. The van der Waals surface area contributed by atoms with Crippen molar-refractivity contribution in [2.45, 2.75) is 40.5 Å². The largest absolute Gasteiger partial charge is 0.345 e. The van der Waals surface area contributed by atoms with Crippen molar-refractivity contribution in [3.63, 3.8) is 0 Å². The summed E-state index contributed by atoms with van der Waals surface area (Å²) in [5.74, 6) is -0.445. The molecular weight excluding hydrogens is 344 g/mol.